The Labute approximate surface area is 126 Å². The van der Waals surface area contributed by atoms with Crippen molar-refractivity contribution >= 4 is 37.5 Å². The SMILES string of the molecule is Cc1cc(Br)c(N)cc1S(=O)(=O)NC1CCN(C)C1=O. The van der Waals surface area contributed by atoms with Gasteiger partial charge in [0.05, 0.1) is 4.90 Å². The smallest absolute Gasteiger partial charge is 0.241 e. The van der Waals surface area contributed by atoms with Crippen LogP contribution in [0.3, 0.4) is 0 Å². The first-order valence-corrected chi connectivity index (χ1v) is 8.33. The van der Waals surface area contributed by atoms with Crippen molar-refractivity contribution < 1.29 is 13.2 Å². The van der Waals surface area contributed by atoms with Crippen LogP contribution in [0, 0.1) is 6.92 Å². The molecule has 8 heteroatoms. The number of likely N-dealkylation sites (N-methyl/N-ethyl adjacent to an activating group) is 1. The van der Waals surface area contributed by atoms with Crippen LogP contribution in [0.4, 0.5) is 5.69 Å². The fraction of sp³-hybridized carbons (Fsp3) is 0.417. The van der Waals surface area contributed by atoms with Gasteiger partial charge >= 0.3 is 0 Å². The van der Waals surface area contributed by atoms with Gasteiger partial charge in [-0.1, -0.05) is 0 Å². The Morgan fingerprint density at radius 2 is 2.10 bits per heavy atom. The Hall–Kier alpha value is -1.12. The van der Waals surface area contributed by atoms with Crippen LogP contribution in [0.1, 0.15) is 12.0 Å². The van der Waals surface area contributed by atoms with Gasteiger partial charge in [0.1, 0.15) is 6.04 Å². The van der Waals surface area contributed by atoms with Gasteiger partial charge in [0.25, 0.3) is 0 Å². The van der Waals surface area contributed by atoms with E-state index in [9.17, 15) is 13.2 Å². The summed E-state index contributed by atoms with van der Waals surface area (Å²) in [7, 11) is -2.12. The number of sulfonamides is 1. The molecule has 20 heavy (non-hydrogen) atoms. The highest BCUT2D eigenvalue weighted by molar-refractivity contribution is 9.10. The molecule has 0 saturated carbocycles. The normalized spacial score (nSPS) is 19.6. The molecular formula is C12H16BrN3O3S. The van der Waals surface area contributed by atoms with Crippen molar-refractivity contribution in [2.45, 2.75) is 24.3 Å². The van der Waals surface area contributed by atoms with Gasteiger partial charge in [0.2, 0.25) is 15.9 Å². The lowest BCUT2D eigenvalue weighted by atomic mass is 10.2. The minimum atomic E-state index is -3.77. The van der Waals surface area contributed by atoms with Gasteiger partial charge in [-0.2, -0.15) is 4.72 Å². The predicted molar refractivity (Wildman–Crippen MR) is 79.7 cm³/mol. The average molecular weight is 362 g/mol. The summed E-state index contributed by atoms with van der Waals surface area (Å²) in [6.07, 6.45) is 0.472. The van der Waals surface area contributed by atoms with Crippen molar-refractivity contribution in [3.63, 3.8) is 0 Å². The summed E-state index contributed by atoms with van der Waals surface area (Å²) in [6.45, 7) is 2.23. The summed E-state index contributed by atoms with van der Waals surface area (Å²) < 4.78 is 27.8. The number of carbonyl (C=O) groups is 1. The van der Waals surface area contributed by atoms with Crippen LogP contribution in [0.5, 0.6) is 0 Å². The number of benzene rings is 1. The van der Waals surface area contributed by atoms with E-state index >= 15 is 0 Å². The maximum atomic E-state index is 12.4. The van der Waals surface area contributed by atoms with E-state index in [4.69, 9.17) is 5.73 Å². The molecule has 1 aromatic rings. The molecule has 110 valence electrons. The number of rotatable bonds is 3. The Morgan fingerprint density at radius 1 is 1.45 bits per heavy atom. The highest BCUT2D eigenvalue weighted by atomic mass is 79.9. The fourth-order valence-electron chi connectivity index (χ4n) is 2.14. The van der Waals surface area contributed by atoms with Crippen LogP contribution in [-0.4, -0.2) is 38.9 Å². The largest absolute Gasteiger partial charge is 0.398 e. The minimum absolute atomic E-state index is 0.0977. The first-order chi connectivity index (χ1) is 9.22. The molecule has 0 bridgehead atoms. The Bertz CT molecular complexity index is 660. The van der Waals surface area contributed by atoms with Gasteiger partial charge in [0.15, 0.2) is 0 Å². The Balaban J connectivity index is 2.32. The number of aryl methyl sites for hydroxylation is 1. The lowest BCUT2D eigenvalue weighted by Crippen LogP contribution is -2.40. The molecule has 1 aromatic carbocycles. The lowest BCUT2D eigenvalue weighted by Gasteiger charge is -2.15. The molecule has 2 rings (SSSR count). The number of anilines is 1. The van der Waals surface area contributed by atoms with Crippen LogP contribution < -0.4 is 10.5 Å². The zero-order valence-electron chi connectivity index (χ0n) is 11.2. The second kappa shape index (κ2) is 5.34. The number of nitrogens with zero attached hydrogens (tertiary/aromatic N) is 1. The van der Waals surface area contributed by atoms with Crippen LogP contribution in [0.25, 0.3) is 0 Å². The summed E-state index contributed by atoms with van der Waals surface area (Å²) in [5.41, 5.74) is 6.64. The highest BCUT2D eigenvalue weighted by Gasteiger charge is 2.33. The summed E-state index contributed by atoms with van der Waals surface area (Å²) in [5.74, 6) is -0.212. The first-order valence-electron chi connectivity index (χ1n) is 6.05. The summed E-state index contributed by atoms with van der Waals surface area (Å²) in [4.78, 5) is 13.4. The fourth-order valence-corrected chi connectivity index (χ4v) is 4.08. The van der Waals surface area contributed by atoms with Crippen molar-refractivity contribution in [1.29, 1.82) is 0 Å². The van der Waals surface area contributed by atoms with E-state index in [2.05, 4.69) is 20.7 Å². The van der Waals surface area contributed by atoms with E-state index in [1.165, 1.54) is 11.0 Å². The van der Waals surface area contributed by atoms with E-state index < -0.39 is 16.1 Å². The van der Waals surface area contributed by atoms with Gasteiger partial charge in [0, 0.05) is 23.8 Å². The number of hydrogen-bond donors (Lipinski definition) is 2. The molecule has 1 unspecified atom stereocenters. The third-order valence-electron chi connectivity index (χ3n) is 3.31. The molecule has 1 amide bonds. The van der Waals surface area contributed by atoms with Gasteiger partial charge < -0.3 is 10.6 Å². The Morgan fingerprint density at radius 3 is 2.65 bits per heavy atom. The van der Waals surface area contributed by atoms with E-state index in [0.29, 0.717) is 28.7 Å². The number of amides is 1. The standard InChI is InChI=1S/C12H16BrN3O3S/c1-7-5-8(13)9(14)6-11(7)20(18,19)15-10-3-4-16(2)12(10)17/h5-6,10,15H,3-4,14H2,1-2H3. The van der Waals surface area contributed by atoms with Crippen LogP contribution in [-0.2, 0) is 14.8 Å². The van der Waals surface area contributed by atoms with E-state index in [-0.39, 0.29) is 10.8 Å². The van der Waals surface area contributed by atoms with E-state index in [1.54, 1.807) is 20.0 Å². The molecule has 1 heterocycles. The molecule has 0 aliphatic carbocycles. The highest BCUT2D eigenvalue weighted by Crippen LogP contribution is 2.27. The van der Waals surface area contributed by atoms with Crippen molar-refractivity contribution in [1.82, 2.24) is 9.62 Å². The topological polar surface area (TPSA) is 92.5 Å². The number of nitrogens with one attached hydrogen (secondary N) is 1. The van der Waals surface area contributed by atoms with Crippen LogP contribution in [0.15, 0.2) is 21.5 Å². The number of carbonyl (C=O) groups excluding carboxylic acids is 1. The average Bonchev–Trinajstić information content (AvgIpc) is 2.65. The zero-order chi connectivity index (χ0) is 15.1. The van der Waals surface area contributed by atoms with Crippen molar-refractivity contribution in [2.24, 2.45) is 0 Å². The molecule has 1 aliphatic heterocycles. The maximum Gasteiger partial charge on any atom is 0.241 e. The molecule has 1 fully saturated rings. The maximum absolute atomic E-state index is 12.4. The molecule has 1 saturated heterocycles. The molecule has 6 nitrogen and oxygen atoms in total. The molecule has 1 atom stereocenters. The number of nitrogens with two attached hydrogens (primary N) is 1. The lowest BCUT2D eigenvalue weighted by molar-refractivity contribution is -0.127. The third kappa shape index (κ3) is 2.82. The quantitative estimate of drug-likeness (QED) is 0.780. The predicted octanol–water partition coefficient (Wildman–Crippen LogP) is 0.849. The van der Waals surface area contributed by atoms with Crippen molar-refractivity contribution in [3.05, 3.63) is 22.2 Å². The zero-order valence-corrected chi connectivity index (χ0v) is 13.6. The van der Waals surface area contributed by atoms with Gasteiger partial charge in [-0.15, -0.1) is 0 Å². The second-order valence-corrected chi connectivity index (χ2v) is 7.40. The van der Waals surface area contributed by atoms with Gasteiger partial charge in [-0.3, -0.25) is 4.79 Å². The first kappa shape index (κ1) is 15.3. The molecule has 0 spiro atoms. The number of hydrogen-bond acceptors (Lipinski definition) is 4. The van der Waals surface area contributed by atoms with E-state index in [1.807, 2.05) is 0 Å². The molecule has 0 radical (unpaired) electrons. The summed E-state index contributed by atoms with van der Waals surface area (Å²) in [5, 5.41) is 0. The van der Waals surface area contributed by atoms with Crippen molar-refractivity contribution in [2.75, 3.05) is 19.3 Å². The van der Waals surface area contributed by atoms with E-state index in [0.717, 1.165) is 0 Å². The molecule has 3 N–H and O–H groups in total. The van der Waals surface area contributed by atoms with Crippen LogP contribution in [0.2, 0.25) is 0 Å². The number of likely N-dealkylation sites (tertiary alicyclic amines) is 1. The number of halogens is 1. The van der Waals surface area contributed by atoms with Crippen LogP contribution >= 0.6 is 15.9 Å². The van der Waals surface area contributed by atoms with Gasteiger partial charge in [-0.05, 0) is 47.0 Å². The second-order valence-electron chi connectivity index (χ2n) is 4.86. The number of nitrogen functional groups attached to an aromatic ring is 1. The third-order valence-corrected chi connectivity index (χ3v) is 5.61. The summed E-state index contributed by atoms with van der Waals surface area (Å²) in [6, 6.07) is 2.34. The monoisotopic (exact) mass is 361 g/mol. The Kier molecular flexibility index (Phi) is 4.08. The van der Waals surface area contributed by atoms with Crippen molar-refractivity contribution in [3.8, 4) is 0 Å². The van der Waals surface area contributed by atoms with Gasteiger partial charge in [-0.25, -0.2) is 8.42 Å². The molecule has 0 aromatic heterocycles. The minimum Gasteiger partial charge on any atom is -0.398 e. The molecular weight excluding hydrogens is 346 g/mol. The summed E-state index contributed by atoms with van der Waals surface area (Å²) >= 11 is 3.25. The molecule has 1 aliphatic rings.